The third-order valence-corrected chi connectivity index (χ3v) is 3.27. The molecule has 0 unspecified atom stereocenters. The minimum atomic E-state index is -3.52. The smallest absolute Gasteiger partial charge is 0.224 e. The fraction of sp³-hybridized carbons (Fsp3) is 1.00. The molecule has 0 heterocycles. The quantitative estimate of drug-likeness (QED) is 0.680. The Labute approximate surface area is 81.9 Å². The Bertz CT molecular complexity index is 109. The van der Waals surface area contributed by atoms with Crippen molar-refractivity contribution in [2.45, 2.75) is 15.8 Å². The maximum absolute atomic E-state index is 12.7. The van der Waals surface area contributed by atoms with E-state index in [-0.39, 0.29) is 11.8 Å². The summed E-state index contributed by atoms with van der Waals surface area (Å²) in [6.07, 6.45) is -0.300. The normalized spacial score (nSPS) is 18.6. The highest BCUT2D eigenvalue weighted by atomic mass is 79.9. The van der Waals surface area contributed by atoms with Crippen LogP contribution in [0.25, 0.3) is 0 Å². The summed E-state index contributed by atoms with van der Waals surface area (Å²) in [6.45, 7) is 0. The van der Waals surface area contributed by atoms with E-state index in [9.17, 15) is 13.2 Å². The molecule has 0 nitrogen and oxygen atoms in total. The van der Waals surface area contributed by atoms with Crippen LogP contribution in [0.2, 0.25) is 0 Å². The molecule has 10 heavy (non-hydrogen) atoms. The van der Waals surface area contributed by atoms with Crippen molar-refractivity contribution in [2.24, 2.45) is 0 Å². The van der Waals surface area contributed by atoms with E-state index in [2.05, 4.69) is 31.9 Å². The van der Waals surface area contributed by atoms with Crippen molar-refractivity contribution in [3.05, 3.63) is 0 Å². The van der Waals surface area contributed by atoms with Gasteiger partial charge in [-0.15, -0.1) is 0 Å². The molecular weight excluding hydrogens is 345 g/mol. The number of halogens is 6. The van der Waals surface area contributed by atoms with Crippen molar-refractivity contribution < 1.29 is 13.2 Å². The Morgan fingerprint density at radius 2 is 1.50 bits per heavy atom. The molecule has 0 aromatic heterocycles. The SMILES string of the molecule is FC(F)(Br)[C@](F)(Br)CCBr. The van der Waals surface area contributed by atoms with Gasteiger partial charge in [-0.2, -0.15) is 8.78 Å². The van der Waals surface area contributed by atoms with Gasteiger partial charge in [0.1, 0.15) is 0 Å². The van der Waals surface area contributed by atoms with E-state index in [4.69, 9.17) is 0 Å². The van der Waals surface area contributed by atoms with Gasteiger partial charge in [-0.1, -0.05) is 15.9 Å². The average molecular weight is 349 g/mol. The van der Waals surface area contributed by atoms with Crippen molar-refractivity contribution >= 4 is 47.8 Å². The van der Waals surface area contributed by atoms with Gasteiger partial charge in [0.25, 0.3) is 0 Å². The second-order valence-corrected chi connectivity index (χ2v) is 4.69. The van der Waals surface area contributed by atoms with E-state index < -0.39 is 9.41 Å². The van der Waals surface area contributed by atoms with Crippen LogP contribution in [0.15, 0.2) is 0 Å². The molecule has 0 saturated heterocycles. The second-order valence-electron chi connectivity index (χ2n) is 1.64. The fourth-order valence-electron chi connectivity index (χ4n) is 0.260. The molecule has 0 aliphatic heterocycles. The highest BCUT2D eigenvalue weighted by molar-refractivity contribution is 9.12. The average Bonchev–Trinajstić information content (AvgIpc) is 1.61. The van der Waals surface area contributed by atoms with Crippen molar-refractivity contribution in [1.29, 1.82) is 0 Å². The minimum Gasteiger partial charge on any atom is -0.224 e. The lowest BCUT2D eigenvalue weighted by Crippen LogP contribution is -2.33. The molecule has 0 aromatic rings. The van der Waals surface area contributed by atoms with E-state index in [1.54, 1.807) is 0 Å². The first-order valence-corrected chi connectivity index (χ1v) is 5.02. The molecule has 0 amide bonds. The van der Waals surface area contributed by atoms with Crippen LogP contribution in [-0.4, -0.2) is 14.7 Å². The summed E-state index contributed by atoms with van der Waals surface area (Å²) in [6, 6.07) is 0. The zero-order valence-corrected chi connectivity index (χ0v) is 9.44. The predicted molar refractivity (Wildman–Crippen MR) is 45.1 cm³/mol. The van der Waals surface area contributed by atoms with Crippen LogP contribution < -0.4 is 0 Å². The molecule has 0 N–H and O–H groups in total. The molecule has 0 rings (SSSR count). The zero-order valence-electron chi connectivity index (χ0n) is 4.68. The van der Waals surface area contributed by atoms with Crippen LogP contribution >= 0.6 is 47.8 Å². The first-order valence-electron chi connectivity index (χ1n) is 2.32. The van der Waals surface area contributed by atoms with Crippen molar-refractivity contribution in [3.63, 3.8) is 0 Å². The van der Waals surface area contributed by atoms with Gasteiger partial charge in [0, 0.05) is 11.8 Å². The highest BCUT2D eigenvalue weighted by Gasteiger charge is 2.50. The largest absolute Gasteiger partial charge is 0.344 e. The number of alkyl halides is 6. The number of hydrogen-bond acceptors (Lipinski definition) is 0. The number of hydrogen-bond donors (Lipinski definition) is 0. The van der Waals surface area contributed by atoms with Gasteiger partial charge >= 0.3 is 4.83 Å². The Balaban J connectivity index is 4.10. The molecule has 0 radical (unpaired) electrons. The molecule has 1 atom stereocenters. The van der Waals surface area contributed by atoms with Crippen molar-refractivity contribution in [3.8, 4) is 0 Å². The lowest BCUT2D eigenvalue weighted by molar-refractivity contribution is 0.00378. The third-order valence-electron chi connectivity index (χ3n) is 0.823. The maximum atomic E-state index is 12.7. The monoisotopic (exact) mass is 346 g/mol. The van der Waals surface area contributed by atoms with Crippen LogP contribution in [0.3, 0.4) is 0 Å². The van der Waals surface area contributed by atoms with Gasteiger partial charge in [0.2, 0.25) is 4.58 Å². The molecule has 0 aromatic carbocycles. The topological polar surface area (TPSA) is 0 Å². The third kappa shape index (κ3) is 3.09. The van der Waals surface area contributed by atoms with E-state index >= 15 is 0 Å². The highest BCUT2D eigenvalue weighted by Crippen LogP contribution is 2.45. The Kier molecular flexibility index (Phi) is 4.22. The van der Waals surface area contributed by atoms with Gasteiger partial charge in [-0.3, -0.25) is 0 Å². The van der Waals surface area contributed by atoms with Crippen LogP contribution in [0.1, 0.15) is 6.42 Å². The molecule has 0 aliphatic rings. The van der Waals surface area contributed by atoms with Crippen LogP contribution in [-0.2, 0) is 0 Å². The summed E-state index contributed by atoms with van der Waals surface area (Å²) in [5.41, 5.74) is 0. The summed E-state index contributed by atoms with van der Waals surface area (Å²) < 4.78 is 34.3. The summed E-state index contributed by atoms with van der Waals surface area (Å²) >= 11 is 7.05. The summed E-state index contributed by atoms with van der Waals surface area (Å²) in [7, 11) is 0. The summed E-state index contributed by atoms with van der Waals surface area (Å²) in [5.74, 6) is 0. The molecule has 0 saturated carbocycles. The van der Waals surface area contributed by atoms with Crippen molar-refractivity contribution in [1.82, 2.24) is 0 Å². The minimum absolute atomic E-state index is 0.177. The van der Waals surface area contributed by atoms with Gasteiger partial charge in [-0.25, -0.2) is 4.39 Å². The van der Waals surface area contributed by atoms with Crippen molar-refractivity contribution in [2.75, 3.05) is 5.33 Å². The first kappa shape index (κ1) is 11.2. The molecule has 0 aliphatic carbocycles. The predicted octanol–water partition coefficient (Wildman–Crippen LogP) is 3.82. The molecule has 62 valence electrons. The zero-order chi connectivity index (χ0) is 8.41. The fourth-order valence-corrected chi connectivity index (χ4v) is 1.74. The van der Waals surface area contributed by atoms with E-state index in [1.807, 2.05) is 15.9 Å². The van der Waals surface area contributed by atoms with E-state index in [0.29, 0.717) is 0 Å². The van der Waals surface area contributed by atoms with E-state index in [1.165, 1.54) is 0 Å². The van der Waals surface area contributed by atoms with E-state index in [0.717, 1.165) is 0 Å². The van der Waals surface area contributed by atoms with Gasteiger partial charge in [0.15, 0.2) is 0 Å². The molecule has 6 heteroatoms. The standard InChI is InChI=1S/C4H4Br3F3/c5-2-1-3(6,8)4(7,9)10/h1-2H2/t3-/m0/s1. The van der Waals surface area contributed by atoms with Crippen LogP contribution in [0, 0.1) is 0 Å². The lowest BCUT2D eigenvalue weighted by atomic mass is 10.3. The van der Waals surface area contributed by atoms with Gasteiger partial charge in [0.05, 0.1) is 0 Å². The Morgan fingerprint density at radius 3 is 1.60 bits per heavy atom. The maximum Gasteiger partial charge on any atom is 0.344 e. The Morgan fingerprint density at radius 1 is 1.10 bits per heavy atom. The summed E-state index contributed by atoms with van der Waals surface area (Å²) in [4.78, 5) is -3.52. The lowest BCUT2D eigenvalue weighted by Gasteiger charge is -2.22. The summed E-state index contributed by atoms with van der Waals surface area (Å²) in [5, 5.41) is 0.177. The first-order chi connectivity index (χ1) is 4.31. The van der Waals surface area contributed by atoms with Gasteiger partial charge < -0.3 is 0 Å². The molecule has 0 spiro atoms. The second kappa shape index (κ2) is 3.76. The molecular formula is C4H4Br3F3. The Hall–Kier alpha value is 1.23. The van der Waals surface area contributed by atoms with Crippen LogP contribution in [0.4, 0.5) is 13.2 Å². The number of rotatable bonds is 3. The van der Waals surface area contributed by atoms with Crippen LogP contribution in [0.5, 0.6) is 0 Å². The molecule has 0 fully saturated rings. The molecule has 0 bridgehead atoms. The van der Waals surface area contributed by atoms with Gasteiger partial charge in [-0.05, 0) is 31.9 Å².